The molecule has 0 fully saturated rings. The molecule has 3 nitrogen and oxygen atoms in total. The lowest BCUT2D eigenvalue weighted by molar-refractivity contribution is 0.257. The van der Waals surface area contributed by atoms with E-state index in [0.717, 1.165) is 47.8 Å². The second-order valence-electron chi connectivity index (χ2n) is 7.88. The first-order valence-electron chi connectivity index (χ1n) is 11.1. The maximum absolute atomic E-state index is 6.31. The minimum Gasteiger partial charge on any atom is -0.328 e. The lowest BCUT2D eigenvalue weighted by atomic mass is 10.1. The smallest absolute Gasteiger partial charge is 0.114 e. The molecule has 1 heterocycles. The summed E-state index contributed by atoms with van der Waals surface area (Å²) >= 11 is 6.31. The number of unbranched alkanes of at least 4 members (excludes halogenated alkanes) is 2. The number of benzene rings is 2. The monoisotopic (exact) mass is 411 g/mol. The summed E-state index contributed by atoms with van der Waals surface area (Å²) in [5, 5.41) is 0.775. The van der Waals surface area contributed by atoms with Crippen molar-refractivity contribution < 1.29 is 0 Å². The molecule has 156 valence electrons. The highest BCUT2D eigenvalue weighted by molar-refractivity contribution is 6.31. The van der Waals surface area contributed by atoms with Crippen LogP contribution in [-0.2, 0) is 13.0 Å². The molecule has 0 saturated carbocycles. The van der Waals surface area contributed by atoms with Gasteiger partial charge in [-0.3, -0.25) is 0 Å². The molecule has 0 unspecified atom stereocenters. The van der Waals surface area contributed by atoms with Gasteiger partial charge in [0.15, 0.2) is 0 Å². The molecule has 0 saturated heterocycles. The molecule has 0 spiro atoms. The van der Waals surface area contributed by atoms with Crippen molar-refractivity contribution in [2.75, 3.05) is 19.6 Å². The van der Waals surface area contributed by atoms with Gasteiger partial charge in [-0.05, 0) is 62.7 Å². The van der Waals surface area contributed by atoms with Gasteiger partial charge in [-0.15, -0.1) is 0 Å². The molecule has 0 aliphatic rings. The zero-order valence-corrected chi connectivity index (χ0v) is 18.7. The Bertz CT molecular complexity index is 864. The molecule has 0 aliphatic heterocycles. The molecular weight excluding hydrogens is 378 g/mol. The van der Waals surface area contributed by atoms with Crippen LogP contribution >= 0.6 is 11.6 Å². The normalized spacial score (nSPS) is 11.6. The fraction of sp³-hybridized carbons (Fsp3) is 0.480. The van der Waals surface area contributed by atoms with Gasteiger partial charge in [-0.1, -0.05) is 68.6 Å². The van der Waals surface area contributed by atoms with Crippen LogP contribution in [0.3, 0.4) is 0 Å². The number of hydrogen-bond acceptors (Lipinski definition) is 2. The fourth-order valence-electron chi connectivity index (χ4n) is 3.86. The van der Waals surface area contributed by atoms with E-state index < -0.39 is 0 Å². The summed E-state index contributed by atoms with van der Waals surface area (Å²) in [5.41, 5.74) is 3.48. The Labute approximate surface area is 180 Å². The van der Waals surface area contributed by atoms with Crippen LogP contribution in [0.25, 0.3) is 11.0 Å². The summed E-state index contributed by atoms with van der Waals surface area (Å²) in [6.07, 6.45) is 7.07. The second-order valence-corrected chi connectivity index (χ2v) is 8.31. The molecule has 29 heavy (non-hydrogen) atoms. The molecule has 1 aromatic heterocycles. The molecule has 0 radical (unpaired) electrons. The van der Waals surface area contributed by atoms with Crippen LogP contribution in [0.15, 0.2) is 48.5 Å². The molecule has 3 rings (SSSR count). The molecule has 3 aromatic rings. The quantitative estimate of drug-likeness (QED) is 0.336. The van der Waals surface area contributed by atoms with Crippen molar-refractivity contribution >= 4 is 22.6 Å². The van der Waals surface area contributed by atoms with Crippen molar-refractivity contribution in [1.82, 2.24) is 14.5 Å². The van der Waals surface area contributed by atoms with Gasteiger partial charge in [0.2, 0.25) is 0 Å². The number of fused-ring (bicyclic) bond motifs is 1. The Morgan fingerprint density at radius 1 is 0.897 bits per heavy atom. The molecule has 0 aliphatic carbocycles. The topological polar surface area (TPSA) is 21.1 Å². The van der Waals surface area contributed by atoms with Gasteiger partial charge >= 0.3 is 0 Å². The Morgan fingerprint density at radius 3 is 2.28 bits per heavy atom. The Balaban J connectivity index is 1.75. The number of rotatable bonds is 12. The van der Waals surface area contributed by atoms with E-state index in [4.69, 9.17) is 16.6 Å². The molecule has 0 N–H and O–H groups in total. The minimum absolute atomic E-state index is 0.775. The van der Waals surface area contributed by atoms with E-state index in [1.807, 2.05) is 12.1 Å². The van der Waals surface area contributed by atoms with Gasteiger partial charge in [-0.2, -0.15) is 0 Å². The van der Waals surface area contributed by atoms with Crippen LogP contribution in [0.5, 0.6) is 0 Å². The van der Waals surface area contributed by atoms with Crippen molar-refractivity contribution in [3.63, 3.8) is 0 Å². The van der Waals surface area contributed by atoms with Crippen molar-refractivity contribution in [2.24, 2.45) is 0 Å². The van der Waals surface area contributed by atoms with Gasteiger partial charge in [-0.25, -0.2) is 4.98 Å². The van der Waals surface area contributed by atoms with Gasteiger partial charge in [0.05, 0.1) is 11.0 Å². The average Bonchev–Trinajstić information content (AvgIpc) is 3.06. The van der Waals surface area contributed by atoms with E-state index in [0.29, 0.717) is 0 Å². The van der Waals surface area contributed by atoms with Gasteiger partial charge in [0.1, 0.15) is 5.82 Å². The predicted octanol–water partition coefficient (Wildman–Crippen LogP) is 6.57. The number of aryl methyl sites for hydroxylation is 1. The highest BCUT2D eigenvalue weighted by Crippen LogP contribution is 2.23. The fourth-order valence-corrected chi connectivity index (χ4v) is 4.03. The highest BCUT2D eigenvalue weighted by atomic mass is 35.5. The van der Waals surface area contributed by atoms with Crippen LogP contribution in [0, 0.1) is 0 Å². The predicted molar refractivity (Wildman–Crippen MR) is 125 cm³/mol. The SMILES string of the molecule is CCCCN(CCCC)CCCn1c(Cc2ccccc2)nc2ccc(Cl)cc21. The van der Waals surface area contributed by atoms with Crippen molar-refractivity contribution in [2.45, 2.75) is 58.9 Å². The van der Waals surface area contributed by atoms with E-state index >= 15 is 0 Å². The number of imidazole rings is 1. The molecule has 4 heteroatoms. The maximum Gasteiger partial charge on any atom is 0.114 e. The maximum atomic E-state index is 6.31. The van der Waals surface area contributed by atoms with Crippen LogP contribution in [0.2, 0.25) is 5.02 Å². The molecule has 0 amide bonds. The number of hydrogen-bond donors (Lipinski definition) is 0. The lowest BCUT2D eigenvalue weighted by Crippen LogP contribution is -2.28. The minimum atomic E-state index is 0.775. The summed E-state index contributed by atoms with van der Waals surface area (Å²) in [4.78, 5) is 7.57. The van der Waals surface area contributed by atoms with E-state index in [1.165, 1.54) is 44.3 Å². The van der Waals surface area contributed by atoms with E-state index in [9.17, 15) is 0 Å². The molecular formula is C25H34ClN3. The Morgan fingerprint density at radius 2 is 1.59 bits per heavy atom. The summed E-state index contributed by atoms with van der Waals surface area (Å²) in [5.74, 6) is 1.13. The summed E-state index contributed by atoms with van der Waals surface area (Å²) in [7, 11) is 0. The first-order valence-corrected chi connectivity index (χ1v) is 11.5. The lowest BCUT2D eigenvalue weighted by Gasteiger charge is -2.22. The van der Waals surface area contributed by atoms with Crippen LogP contribution in [0.4, 0.5) is 0 Å². The Hall–Kier alpha value is -1.84. The first kappa shape index (κ1) is 21.9. The highest BCUT2D eigenvalue weighted by Gasteiger charge is 2.13. The van der Waals surface area contributed by atoms with Crippen LogP contribution in [0.1, 0.15) is 57.3 Å². The van der Waals surface area contributed by atoms with Gasteiger partial charge in [0, 0.05) is 18.0 Å². The third-order valence-corrected chi connectivity index (χ3v) is 5.74. The number of halogens is 1. The zero-order valence-electron chi connectivity index (χ0n) is 17.9. The molecule has 2 aromatic carbocycles. The molecule has 0 bridgehead atoms. The Kier molecular flexibility index (Phi) is 8.57. The third-order valence-electron chi connectivity index (χ3n) is 5.51. The van der Waals surface area contributed by atoms with Crippen LogP contribution in [-0.4, -0.2) is 34.1 Å². The standard InChI is InChI=1S/C25H34ClN3/c1-3-5-15-28(16-6-4-2)17-10-18-29-24-20-22(26)13-14-23(24)27-25(29)19-21-11-8-7-9-12-21/h7-9,11-14,20H,3-6,10,15-19H2,1-2H3. The largest absolute Gasteiger partial charge is 0.328 e. The summed E-state index contributed by atoms with van der Waals surface area (Å²) in [6.45, 7) is 9.09. The van der Waals surface area contributed by atoms with E-state index in [-0.39, 0.29) is 0 Å². The van der Waals surface area contributed by atoms with Crippen LogP contribution < -0.4 is 0 Å². The van der Waals surface area contributed by atoms with Crippen molar-refractivity contribution in [3.05, 3.63) is 64.9 Å². The summed E-state index contributed by atoms with van der Waals surface area (Å²) in [6, 6.07) is 16.6. The summed E-state index contributed by atoms with van der Waals surface area (Å²) < 4.78 is 2.38. The van der Waals surface area contributed by atoms with E-state index in [1.54, 1.807) is 0 Å². The van der Waals surface area contributed by atoms with Gasteiger partial charge in [0.25, 0.3) is 0 Å². The van der Waals surface area contributed by atoms with E-state index in [2.05, 4.69) is 59.7 Å². The number of nitrogens with zero attached hydrogens (tertiary/aromatic N) is 3. The van der Waals surface area contributed by atoms with Crippen molar-refractivity contribution in [1.29, 1.82) is 0 Å². The second kappa shape index (κ2) is 11.4. The number of aromatic nitrogens is 2. The van der Waals surface area contributed by atoms with Gasteiger partial charge < -0.3 is 9.47 Å². The zero-order chi connectivity index (χ0) is 20.5. The first-order chi connectivity index (χ1) is 14.2. The average molecular weight is 412 g/mol. The third kappa shape index (κ3) is 6.32. The van der Waals surface area contributed by atoms with Crippen molar-refractivity contribution in [3.8, 4) is 0 Å². The molecule has 0 atom stereocenters.